The van der Waals surface area contributed by atoms with E-state index < -0.39 is 0 Å². The number of rotatable bonds is 2. The fourth-order valence-electron chi connectivity index (χ4n) is 2.30. The van der Waals surface area contributed by atoms with Crippen LogP contribution in [0.4, 0.5) is 0 Å². The maximum atomic E-state index is 11.1. The van der Waals surface area contributed by atoms with Crippen molar-refractivity contribution in [1.29, 1.82) is 0 Å². The third-order valence-corrected chi connectivity index (χ3v) is 3.32. The van der Waals surface area contributed by atoms with Crippen LogP contribution >= 0.6 is 11.6 Å². The van der Waals surface area contributed by atoms with Gasteiger partial charge in [-0.2, -0.15) is 0 Å². The van der Waals surface area contributed by atoms with Gasteiger partial charge < -0.3 is 0 Å². The van der Waals surface area contributed by atoms with E-state index in [4.69, 9.17) is 11.6 Å². The molecule has 2 heteroatoms. The molecule has 0 radical (unpaired) electrons. The summed E-state index contributed by atoms with van der Waals surface area (Å²) in [5.41, 5.74) is 5.66. The normalized spacial score (nSPS) is 18.8. The van der Waals surface area contributed by atoms with Crippen LogP contribution in [0.15, 0.2) is 35.9 Å². The highest BCUT2D eigenvalue weighted by molar-refractivity contribution is 6.67. The zero-order valence-electron chi connectivity index (χ0n) is 10.1. The van der Waals surface area contributed by atoms with Crippen molar-refractivity contribution in [2.24, 2.45) is 0 Å². The molecule has 1 aliphatic rings. The van der Waals surface area contributed by atoms with Crippen LogP contribution in [0.1, 0.15) is 41.8 Å². The molecule has 0 amide bonds. The molecule has 0 spiro atoms. The molecule has 0 fully saturated rings. The molecule has 0 unspecified atom stereocenters. The summed E-state index contributed by atoms with van der Waals surface area (Å²) >= 11 is 5.50. The van der Waals surface area contributed by atoms with Crippen molar-refractivity contribution in [2.75, 3.05) is 0 Å². The number of carbonyl (C=O) groups is 1. The summed E-state index contributed by atoms with van der Waals surface area (Å²) in [4.78, 5) is 11.1. The van der Waals surface area contributed by atoms with E-state index in [1.165, 1.54) is 22.3 Å². The van der Waals surface area contributed by atoms with Gasteiger partial charge in [0.2, 0.25) is 0 Å². The number of benzene rings is 1. The maximum absolute atomic E-state index is 11.1. The van der Waals surface area contributed by atoms with Gasteiger partial charge in [-0.05, 0) is 65.8 Å². The predicted molar refractivity (Wildman–Crippen MR) is 72.4 cm³/mol. The van der Waals surface area contributed by atoms with Crippen LogP contribution in [-0.4, -0.2) is 5.24 Å². The molecule has 0 bridgehead atoms. The average Bonchev–Trinajstić information content (AvgIpc) is 2.67. The maximum Gasteiger partial charge on any atom is 0.252 e. The Kier molecular flexibility index (Phi) is 3.49. The fourth-order valence-corrected chi connectivity index (χ4v) is 2.42. The van der Waals surface area contributed by atoms with Crippen LogP contribution in [0, 0.1) is 0 Å². The van der Waals surface area contributed by atoms with E-state index in [0.717, 1.165) is 12.8 Å². The van der Waals surface area contributed by atoms with E-state index in [-0.39, 0.29) is 5.24 Å². The molecule has 88 valence electrons. The first-order valence-electron chi connectivity index (χ1n) is 5.86. The summed E-state index contributed by atoms with van der Waals surface area (Å²) in [5.74, 6) is 0. The summed E-state index contributed by atoms with van der Waals surface area (Å²) in [5, 5.41) is -0.386. The van der Waals surface area contributed by atoms with Gasteiger partial charge in [0.15, 0.2) is 0 Å². The highest BCUT2D eigenvalue weighted by atomic mass is 35.5. The Bertz CT molecular complexity index is 524. The van der Waals surface area contributed by atoms with Crippen molar-refractivity contribution >= 4 is 22.4 Å². The number of carbonyl (C=O) groups excluding carboxylic acids is 1. The molecule has 0 aromatic heterocycles. The second kappa shape index (κ2) is 4.89. The van der Waals surface area contributed by atoms with Gasteiger partial charge in [0.25, 0.3) is 5.24 Å². The molecule has 0 N–H and O–H groups in total. The Balaban J connectivity index is 2.52. The first kappa shape index (κ1) is 12.1. The number of fused-ring (bicyclic) bond motifs is 1. The van der Waals surface area contributed by atoms with Crippen molar-refractivity contribution in [3.8, 4) is 0 Å². The first-order chi connectivity index (χ1) is 8.17. The lowest BCUT2D eigenvalue weighted by Gasteiger charge is -2.02. The summed E-state index contributed by atoms with van der Waals surface area (Å²) in [7, 11) is 0. The van der Waals surface area contributed by atoms with Crippen LogP contribution < -0.4 is 0 Å². The lowest BCUT2D eigenvalue weighted by Crippen LogP contribution is -1.91. The second-order valence-corrected chi connectivity index (χ2v) is 4.51. The molecule has 1 aromatic rings. The van der Waals surface area contributed by atoms with E-state index >= 15 is 0 Å². The number of hydrogen-bond acceptors (Lipinski definition) is 1. The van der Waals surface area contributed by atoms with Crippen molar-refractivity contribution in [3.63, 3.8) is 0 Å². The molecular weight excluding hydrogens is 232 g/mol. The number of allylic oxidation sites excluding steroid dienone is 4. The van der Waals surface area contributed by atoms with Crippen molar-refractivity contribution in [2.45, 2.75) is 26.7 Å². The molecular formula is C15H15ClO. The van der Waals surface area contributed by atoms with Gasteiger partial charge in [-0.3, -0.25) is 4.79 Å². The highest BCUT2D eigenvalue weighted by Crippen LogP contribution is 2.37. The van der Waals surface area contributed by atoms with Crippen LogP contribution in [-0.2, 0) is 6.42 Å². The monoisotopic (exact) mass is 246 g/mol. The zero-order chi connectivity index (χ0) is 12.4. The Morgan fingerprint density at radius 3 is 2.82 bits per heavy atom. The van der Waals surface area contributed by atoms with Gasteiger partial charge in [0.05, 0.1) is 0 Å². The van der Waals surface area contributed by atoms with Gasteiger partial charge in [0.1, 0.15) is 0 Å². The van der Waals surface area contributed by atoms with E-state index in [1.807, 2.05) is 12.1 Å². The van der Waals surface area contributed by atoms with Crippen molar-refractivity contribution in [1.82, 2.24) is 0 Å². The summed E-state index contributed by atoms with van der Waals surface area (Å²) < 4.78 is 0. The Hall–Kier alpha value is -1.34. The van der Waals surface area contributed by atoms with Crippen molar-refractivity contribution in [3.05, 3.63) is 52.6 Å². The SMILES string of the molecule is C/C=C1/Cc2cc(C(=O)Cl)ccc2/C1=C/CC. The third-order valence-electron chi connectivity index (χ3n) is 3.11. The van der Waals surface area contributed by atoms with Crippen molar-refractivity contribution < 1.29 is 4.79 Å². The van der Waals surface area contributed by atoms with Gasteiger partial charge >= 0.3 is 0 Å². The third kappa shape index (κ3) is 2.20. The second-order valence-electron chi connectivity index (χ2n) is 4.16. The van der Waals surface area contributed by atoms with Gasteiger partial charge in [-0.15, -0.1) is 0 Å². The molecule has 1 aromatic carbocycles. The largest absolute Gasteiger partial charge is 0.276 e. The lowest BCUT2D eigenvalue weighted by molar-refractivity contribution is 0.108. The van der Waals surface area contributed by atoms with E-state index in [0.29, 0.717) is 5.56 Å². The topological polar surface area (TPSA) is 17.1 Å². The average molecular weight is 247 g/mol. The Morgan fingerprint density at radius 2 is 2.24 bits per heavy atom. The van der Waals surface area contributed by atoms with Crippen LogP contribution in [0.25, 0.3) is 5.57 Å². The minimum absolute atomic E-state index is 0.386. The quantitative estimate of drug-likeness (QED) is 0.709. The molecule has 0 saturated heterocycles. The number of hydrogen-bond donors (Lipinski definition) is 0. The highest BCUT2D eigenvalue weighted by Gasteiger charge is 2.21. The lowest BCUT2D eigenvalue weighted by atomic mass is 10.0. The predicted octanol–water partition coefficient (Wildman–Crippen LogP) is 4.36. The number of halogens is 1. The molecule has 1 nitrogen and oxygen atoms in total. The van der Waals surface area contributed by atoms with E-state index in [9.17, 15) is 4.79 Å². The summed E-state index contributed by atoms with van der Waals surface area (Å²) in [6, 6.07) is 5.71. The zero-order valence-corrected chi connectivity index (χ0v) is 10.8. The molecule has 0 heterocycles. The Labute approximate surface area is 107 Å². The molecule has 0 atom stereocenters. The summed E-state index contributed by atoms with van der Waals surface area (Å²) in [6.07, 6.45) is 6.30. The Morgan fingerprint density at radius 1 is 1.47 bits per heavy atom. The minimum atomic E-state index is -0.386. The minimum Gasteiger partial charge on any atom is -0.276 e. The van der Waals surface area contributed by atoms with Gasteiger partial charge in [0, 0.05) is 5.56 Å². The van der Waals surface area contributed by atoms with Crippen LogP contribution in [0.3, 0.4) is 0 Å². The van der Waals surface area contributed by atoms with Gasteiger partial charge in [-0.1, -0.05) is 25.1 Å². The smallest absolute Gasteiger partial charge is 0.252 e. The standard InChI is InChI=1S/C15H15ClO/c1-3-5-13-10(4-2)8-12-9-11(15(16)17)6-7-14(12)13/h4-7,9H,3,8H2,1-2H3/b10-4-,13-5+. The molecule has 1 aliphatic carbocycles. The molecule has 0 aliphatic heterocycles. The summed E-state index contributed by atoms with van der Waals surface area (Å²) in [6.45, 7) is 4.19. The molecule has 0 saturated carbocycles. The first-order valence-corrected chi connectivity index (χ1v) is 6.24. The molecule has 2 rings (SSSR count). The van der Waals surface area contributed by atoms with Crippen LogP contribution in [0.2, 0.25) is 0 Å². The van der Waals surface area contributed by atoms with Crippen LogP contribution in [0.5, 0.6) is 0 Å². The van der Waals surface area contributed by atoms with E-state index in [1.54, 1.807) is 6.07 Å². The van der Waals surface area contributed by atoms with E-state index in [2.05, 4.69) is 26.0 Å². The molecule has 17 heavy (non-hydrogen) atoms. The fraction of sp³-hybridized carbons (Fsp3) is 0.267. The van der Waals surface area contributed by atoms with Gasteiger partial charge in [-0.25, -0.2) is 0 Å².